The fourth-order valence-electron chi connectivity index (χ4n) is 2.84. The summed E-state index contributed by atoms with van der Waals surface area (Å²) in [6.45, 7) is 2.47. The maximum atomic E-state index is 13.2. The van der Waals surface area contributed by atoms with Crippen molar-refractivity contribution in [3.8, 4) is 0 Å². The van der Waals surface area contributed by atoms with Crippen molar-refractivity contribution in [1.82, 2.24) is 4.31 Å². The summed E-state index contributed by atoms with van der Waals surface area (Å²) in [5.74, 6) is -3.66. The minimum atomic E-state index is -3.67. The number of hydrogen-bond donors (Lipinski definition) is 1. The number of anilines is 1. The van der Waals surface area contributed by atoms with Crippen molar-refractivity contribution in [1.29, 1.82) is 0 Å². The first kappa shape index (κ1) is 22.8. The molecule has 0 aromatic heterocycles. The van der Waals surface area contributed by atoms with Crippen molar-refractivity contribution >= 4 is 27.6 Å². The van der Waals surface area contributed by atoms with Gasteiger partial charge in [0.2, 0.25) is 10.0 Å². The zero-order chi connectivity index (χ0) is 22.6. The van der Waals surface area contributed by atoms with Gasteiger partial charge in [-0.15, -0.1) is 0 Å². The maximum Gasteiger partial charge on any atom is 0.339 e. The summed E-state index contributed by atoms with van der Waals surface area (Å²) in [6, 6.07) is 7.71. The highest BCUT2D eigenvalue weighted by atomic mass is 32.2. The zero-order valence-corrected chi connectivity index (χ0v) is 17.3. The Hall–Kier alpha value is -2.89. The Morgan fingerprint density at radius 2 is 1.65 bits per heavy atom. The van der Waals surface area contributed by atoms with Crippen LogP contribution in [-0.2, 0) is 24.3 Å². The minimum Gasteiger partial charge on any atom is -0.449 e. The van der Waals surface area contributed by atoms with Crippen LogP contribution in [-0.4, -0.2) is 57.0 Å². The first-order valence-corrected chi connectivity index (χ1v) is 10.8. The number of hydrogen-bond acceptors (Lipinski definition) is 6. The van der Waals surface area contributed by atoms with Crippen molar-refractivity contribution in [2.45, 2.75) is 17.9 Å². The third kappa shape index (κ3) is 5.63. The number of amides is 1. The molecule has 1 heterocycles. The summed E-state index contributed by atoms with van der Waals surface area (Å²) in [5.41, 5.74) is -0.0829. The van der Waals surface area contributed by atoms with E-state index in [4.69, 9.17) is 9.47 Å². The number of benzene rings is 2. The number of carbonyl (C=O) groups is 2. The van der Waals surface area contributed by atoms with Gasteiger partial charge < -0.3 is 14.8 Å². The number of ether oxygens (including phenoxy) is 2. The molecule has 31 heavy (non-hydrogen) atoms. The highest BCUT2D eigenvalue weighted by molar-refractivity contribution is 7.89. The quantitative estimate of drug-likeness (QED) is 0.672. The van der Waals surface area contributed by atoms with Crippen LogP contribution >= 0.6 is 0 Å². The summed E-state index contributed by atoms with van der Waals surface area (Å²) in [7, 11) is -3.67. The number of halogens is 2. The van der Waals surface area contributed by atoms with E-state index in [1.807, 2.05) is 0 Å². The van der Waals surface area contributed by atoms with E-state index in [1.165, 1.54) is 35.5 Å². The molecule has 0 saturated carbocycles. The number of esters is 1. The molecule has 1 saturated heterocycles. The van der Waals surface area contributed by atoms with Crippen LogP contribution in [0.15, 0.2) is 47.4 Å². The fourth-order valence-corrected chi connectivity index (χ4v) is 4.25. The second-order valence-electron chi connectivity index (χ2n) is 6.74. The molecular formula is C20H20F2N2O6S. The molecule has 0 aliphatic carbocycles. The zero-order valence-electron chi connectivity index (χ0n) is 16.5. The smallest absolute Gasteiger partial charge is 0.339 e. The van der Waals surface area contributed by atoms with Gasteiger partial charge in [0.25, 0.3) is 5.91 Å². The number of carbonyl (C=O) groups excluding carboxylic acids is 2. The van der Waals surface area contributed by atoms with E-state index < -0.39 is 39.6 Å². The van der Waals surface area contributed by atoms with Crippen LogP contribution in [0, 0.1) is 11.6 Å². The lowest BCUT2D eigenvalue weighted by Crippen LogP contribution is -2.40. The van der Waals surface area contributed by atoms with Crippen LogP contribution in [0.2, 0.25) is 0 Å². The molecule has 1 unspecified atom stereocenters. The van der Waals surface area contributed by atoms with Gasteiger partial charge in [-0.1, -0.05) is 0 Å². The Morgan fingerprint density at radius 3 is 2.23 bits per heavy atom. The molecule has 2 aromatic rings. The van der Waals surface area contributed by atoms with Crippen LogP contribution in [0.25, 0.3) is 0 Å². The summed E-state index contributed by atoms with van der Waals surface area (Å²) in [4.78, 5) is 24.3. The lowest BCUT2D eigenvalue weighted by Gasteiger charge is -2.26. The first-order valence-electron chi connectivity index (χ1n) is 9.33. The van der Waals surface area contributed by atoms with Gasteiger partial charge in [0, 0.05) is 24.8 Å². The Morgan fingerprint density at radius 1 is 1.06 bits per heavy atom. The van der Waals surface area contributed by atoms with E-state index >= 15 is 0 Å². The molecule has 1 amide bonds. The molecule has 3 rings (SSSR count). The standard InChI is InChI=1S/C20H20F2N2O6S/c1-13(30-20(26)14-10-15(21)12-16(22)11-14)19(25)23-17-2-4-18(5-3-17)31(27,28)24-6-8-29-9-7-24/h2-5,10-13H,6-9H2,1H3,(H,23,25). The van der Waals surface area contributed by atoms with Gasteiger partial charge >= 0.3 is 5.97 Å². The SMILES string of the molecule is CC(OC(=O)c1cc(F)cc(F)c1)C(=O)Nc1ccc(S(=O)(=O)N2CCOCC2)cc1. The molecule has 11 heteroatoms. The van der Waals surface area contributed by atoms with Crippen molar-refractivity contribution in [3.63, 3.8) is 0 Å². The molecule has 8 nitrogen and oxygen atoms in total. The number of rotatable bonds is 6. The van der Waals surface area contributed by atoms with Crippen LogP contribution in [0.3, 0.4) is 0 Å². The van der Waals surface area contributed by atoms with Crippen molar-refractivity contribution in [3.05, 3.63) is 59.7 Å². The molecule has 0 radical (unpaired) electrons. The molecular weight excluding hydrogens is 434 g/mol. The Labute approximate surface area is 177 Å². The molecule has 1 N–H and O–H groups in total. The third-order valence-corrected chi connectivity index (χ3v) is 6.39. The molecule has 0 bridgehead atoms. The average molecular weight is 454 g/mol. The van der Waals surface area contributed by atoms with E-state index in [0.717, 1.165) is 12.1 Å². The largest absolute Gasteiger partial charge is 0.449 e. The van der Waals surface area contributed by atoms with Crippen molar-refractivity contribution in [2.75, 3.05) is 31.6 Å². The first-order chi connectivity index (χ1) is 14.7. The highest BCUT2D eigenvalue weighted by Gasteiger charge is 2.26. The van der Waals surface area contributed by atoms with Crippen LogP contribution in [0.1, 0.15) is 17.3 Å². The maximum absolute atomic E-state index is 13.2. The lowest BCUT2D eigenvalue weighted by molar-refractivity contribution is -0.123. The Kier molecular flexibility index (Phi) is 6.98. The highest BCUT2D eigenvalue weighted by Crippen LogP contribution is 2.20. The number of nitrogens with one attached hydrogen (secondary N) is 1. The monoisotopic (exact) mass is 454 g/mol. The third-order valence-electron chi connectivity index (χ3n) is 4.48. The van der Waals surface area contributed by atoms with Gasteiger partial charge in [-0.2, -0.15) is 4.31 Å². The van der Waals surface area contributed by atoms with Crippen LogP contribution in [0.4, 0.5) is 14.5 Å². The van der Waals surface area contributed by atoms with Gasteiger partial charge in [0.05, 0.1) is 23.7 Å². The van der Waals surface area contributed by atoms with Gasteiger partial charge in [-0.05, 0) is 43.3 Å². The number of morpholine rings is 1. The van der Waals surface area contributed by atoms with Gasteiger partial charge in [-0.3, -0.25) is 4.79 Å². The second kappa shape index (κ2) is 9.50. The van der Waals surface area contributed by atoms with Crippen LogP contribution in [0.5, 0.6) is 0 Å². The van der Waals surface area contributed by atoms with Crippen molar-refractivity contribution in [2.24, 2.45) is 0 Å². The van der Waals surface area contributed by atoms with E-state index in [0.29, 0.717) is 19.3 Å². The predicted molar refractivity (Wildman–Crippen MR) is 106 cm³/mol. The van der Waals surface area contributed by atoms with E-state index in [1.54, 1.807) is 0 Å². The fraction of sp³-hybridized carbons (Fsp3) is 0.300. The summed E-state index contributed by atoms with van der Waals surface area (Å²) >= 11 is 0. The summed E-state index contributed by atoms with van der Waals surface area (Å²) in [6.07, 6.45) is -1.27. The van der Waals surface area contributed by atoms with Crippen LogP contribution < -0.4 is 5.32 Å². The minimum absolute atomic E-state index is 0.0695. The normalized spacial score (nSPS) is 15.8. The molecule has 2 aromatic carbocycles. The average Bonchev–Trinajstić information content (AvgIpc) is 2.74. The summed E-state index contributed by atoms with van der Waals surface area (Å²) in [5, 5.41) is 2.49. The molecule has 1 aliphatic rings. The Balaban J connectivity index is 1.61. The second-order valence-corrected chi connectivity index (χ2v) is 8.67. The summed E-state index contributed by atoms with van der Waals surface area (Å²) < 4.78 is 63.1. The van der Waals surface area contributed by atoms with Crippen molar-refractivity contribution < 1.29 is 36.3 Å². The van der Waals surface area contributed by atoms with E-state index in [-0.39, 0.29) is 29.2 Å². The number of sulfonamides is 1. The number of nitrogens with zero attached hydrogens (tertiary/aromatic N) is 1. The topological polar surface area (TPSA) is 102 Å². The Bertz CT molecular complexity index is 1050. The molecule has 1 aliphatic heterocycles. The van der Waals surface area contributed by atoms with E-state index in [2.05, 4.69) is 5.32 Å². The molecule has 0 spiro atoms. The van der Waals surface area contributed by atoms with Gasteiger partial charge in [0.1, 0.15) is 11.6 Å². The van der Waals surface area contributed by atoms with Gasteiger partial charge in [0.15, 0.2) is 6.10 Å². The molecule has 166 valence electrons. The van der Waals surface area contributed by atoms with Gasteiger partial charge in [-0.25, -0.2) is 22.0 Å². The lowest BCUT2D eigenvalue weighted by atomic mass is 10.2. The molecule has 1 fully saturated rings. The predicted octanol–water partition coefficient (Wildman–Crippen LogP) is 2.17. The molecule has 1 atom stereocenters. The van der Waals surface area contributed by atoms with E-state index in [9.17, 15) is 26.8 Å².